The smallest absolute Gasteiger partial charge is 0.322 e. The number of benzene rings is 1. The van der Waals surface area contributed by atoms with Crippen LogP contribution in [0.15, 0.2) is 23.1 Å². The van der Waals surface area contributed by atoms with Gasteiger partial charge in [0, 0.05) is 6.07 Å². The van der Waals surface area contributed by atoms with E-state index in [2.05, 4.69) is 4.72 Å². The first-order valence-corrected chi connectivity index (χ1v) is 8.22. The second-order valence-electron chi connectivity index (χ2n) is 4.84. The summed E-state index contributed by atoms with van der Waals surface area (Å²) in [4.78, 5) is 11.2. The van der Waals surface area contributed by atoms with Gasteiger partial charge in [0.1, 0.15) is 6.04 Å². The zero-order valence-corrected chi connectivity index (χ0v) is 13.8. The van der Waals surface area contributed by atoms with Gasteiger partial charge in [0.2, 0.25) is 10.0 Å². The lowest BCUT2D eigenvalue weighted by Gasteiger charge is -2.20. The molecule has 0 aliphatic heterocycles. The number of hydrogen-bond donors (Lipinski definition) is 2. The minimum absolute atomic E-state index is 0.0836. The molecule has 8 heteroatoms. The van der Waals surface area contributed by atoms with Gasteiger partial charge in [-0.1, -0.05) is 20.3 Å². The minimum atomic E-state index is -3.98. The monoisotopic (exact) mass is 331 g/mol. The van der Waals surface area contributed by atoms with Gasteiger partial charge in [0.05, 0.1) is 19.1 Å². The number of aliphatic carboxylic acids is 1. The first-order chi connectivity index (χ1) is 10.3. The third-order valence-electron chi connectivity index (χ3n) is 3.43. The molecule has 1 rings (SSSR count). The van der Waals surface area contributed by atoms with Gasteiger partial charge >= 0.3 is 5.97 Å². The van der Waals surface area contributed by atoms with Crippen molar-refractivity contribution in [1.29, 1.82) is 0 Å². The molecule has 1 aromatic rings. The van der Waals surface area contributed by atoms with Gasteiger partial charge in [-0.3, -0.25) is 4.79 Å². The van der Waals surface area contributed by atoms with Crippen molar-refractivity contribution in [3.63, 3.8) is 0 Å². The molecule has 0 aromatic heterocycles. The van der Waals surface area contributed by atoms with Crippen LogP contribution in [0.5, 0.6) is 11.5 Å². The van der Waals surface area contributed by atoms with Gasteiger partial charge in [-0.15, -0.1) is 0 Å². The van der Waals surface area contributed by atoms with Gasteiger partial charge in [-0.2, -0.15) is 4.72 Å². The van der Waals surface area contributed by atoms with Crippen LogP contribution in [0.2, 0.25) is 0 Å². The maximum Gasteiger partial charge on any atom is 0.322 e. The van der Waals surface area contributed by atoms with E-state index in [0.29, 0.717) is 12.2 Å². The SMILES string of the molecule is CC[C@H](C)[C@H](NS(=O)(=O)c1ccc(OC)c(OC)c1)C(=O)O. The molecule has 7 nitrogen and oxygen atoms in total. The number of hydrogen-bond acceptors (Lipinski definition) is 5. The lowest BCUT2D eigenvalue weighted by molar-refractivity contribution is -0.140. The van der Waals surface area contributed by atoms with E-state index in [1.54, 1.807) is 13.8 Å². The molecule has 0 aliphatic carbocycles. The van der Waals surface area contributed by atoms with Crippen LogP contribution in [0.25, 0.3) is 0 Å². The second-order valence-corrected chi connectivity index (χ2v) is 6.55. The molecule has 124 valence electrons. The Bertz CT molecular complexity index is 628. The third-order valence-corrected chi connectivity index (χ3v) is 4.87. The summed E-state index contributed by atoms with van der Waals surface area (Å²) in [6, 6.07) is 2.88. The lowest BCUT2D eigenvalue weighted by atomic mass is 10.0. The Kier molecular flexibility index (Phi) is 6.19. The number of methoxy groups -OCH3 is 2. The zero-order chi connectivity index (χ0) is 16.9. The fraction of sp³-hybridized carbons (Fsp3) is 0.500. The quantitative estimate of drug-likeness (QED) is 0.748. The van der Waals surface area contributed by atoms with Gasteiger partial charge in [-0.05, 0) is 18.1 Å². The van der Waals surface area contributed by atoms with Crippen molar-refractivity contribution in [2.45, 2.75) is 31.2 Å². The molecule has 2 N–H and O–H groups in total. The highest BCUT2D eigenvalue weighted by atomic mass is 32.2. The fourth-order valence-electron chi connectivity index (χ4n) is 1.86. The van der Waals surface area contributed by atoms with Crippen LogP contribution in [0.1, 0.15) is 20.3 Å². The Balaban J connectivity index is 3.15. The molecule has 2 atom stereocenters. The summed E-state index contributed by atoms with van der Waals surface area (Å²) in [5.74, 6) is -0.912. The molecule has 0 radical (unpaired) electrons. The van der Waals surface area contributed by atoms with E-state index in [1.165, 1.54) is 32.4 Å². The average Bonchev–Trinajstić information content (AvgIpc) is 2.50. The third kappa shape index (κ3) is 4.11. The average molecular weight is 331 g/mol. The van der Waals surface area contributed by atoms with E-state index in [-0.39, 0.29) is 16.6 Å². The second kappa shape index (κ2) is 7.46. The van der Waals surface area contributed by atoms with Crippen LogP contribution < -0.4 is 14.2 Å². The Morgan fingerprint density at radius 1 is 1.27 bits per heavy atom. The van der Waals surface area contributed by atoms with Crippen molar-refractivity contribution >= 4 is 16.0 Å². The van der Waals surface area contributed by atoms with Crippen LogP contribution >= 0.6 is 0 Å². The predicted molar refractivity (Wildman–Crippen MR) is 80.7 cm³/mol. The Hall–Kier alpha value is -1.80. The summed E-state index contributed by atoms with van der Waals surface area (Å²) in [7, 11) is -1.16. The topological polar surface area (TPSA) is 102 Å². The normalized spacial score (nSPS) is 14.2. The molecule has 22 heavy (non-hydrogen) atoms. The number of carboxylic acids is 1. The zero-order valence-electron chi connectivity index (χ0n) is 13.0. The molecule has 0 bridgehead atoms. The summed E-state index contributed by atoms with van der Waals surface area (Å²) in [5.41, 5.74) is 0. The van der Waals surface area contributed by atoms with E-state index in [4.69, 9.17) is 9.47 Å². The van der Waals surface area contributed by atoms with Crippen LogP contribution in [-0.2, 0) is 14.8 Å². The molecular weight excluding hydrogens is 310 g/mol. The van der Waals surface area contributed by atoms with Crippen LogP contribution in [0.3, 0.4) is 0 Å². The molecule has 0 saturated heterocycles. The first-order valence-electron chi connectivity index (χ1n) is 6.74. The number of nitrogens with one attached hydrogen (secondary N) is 1. The Morgan fingerprint density at radius 3 is 2.32 bits per heavy atom. The minimum Gasteiger partial charge on any atom is -0.493 e. The molecule has 0 fully saturated rings. The van der Waals surface area contributed by atoms with Crippen molar-refractivity contribution in [3.05, 3.63) is 18.2 Å². The summed E-state index contributed by atoms with van der Waals surface area (Å²) in [6.07, 6.45) is 0.533. The molecule has 0 amide bonds. The Labute approximate surface area is 130 Å². The van der Waals surface area contributed by atoms with Crippen molar-refractivity contribution < 1.29 is 27.8 Å². The highest BCUT2D eigenvalue weighted by Crippen LogP contribution is 2.29. The van der Waals surface area contributed by atoms with Crippen LogP contribution in [0, 0.1) is 5.92 Å². The summed E-state index contributed by atoms with van der Waals surface area (Å²) < 4.78 is 37.1. The van der Waals surface area contributed by atoms with Crippen molar-refractivity contribution in [2.75, 3.05) is 14.2 Å². The number of rotatable bonds is 8. The van der Waals surface area contributed by atoms with Crippen molar-refractivity contribution in [3.8, 4) is 11.5 Å². The molecule has 1 aromatic carbocycles. The number of carbonyl (C=O) groups is 1. The lowest BCUT2D eigenvalue weighted by Crippen LogP contribution is -2.44. The van der Waals surface area contributed by atoms with Crippen LogP contribution in [-0.4, -0.2) is 39.8 Å². The van der Waals surface area contributed by atoms with E-state index in [0.717, 1.165) is 0 Å². The van der Waals surface area contributed by atoms with Gasteiger partial charge in [0.15, 0.2) is 11.5 Å². The largest absolute Gasteiger partial charge is 0.493 e. The standard InChI is InChI=1S/C14H21NO6S/c1-5-9(2)13(14(16)17)15-22(18,19)10-6-7-11(20-3)12(8-10)21-4/h6-9,13,15H,5H2,1-4H3,(H,16,17)/t9-,13-/m0/s1. The highest BCUT2D eigenvalue weighted by Gasteiger charge is 2.29. The maximum absolute atomic E-state index is 12.4. The fourth-order valence-corrected chi connectivity index (χ4v) is 3.18. The summed E-state index contributed by atoms with van der Waals surface area (Å²) >= 11 is 0. The molecule has 0 unspecified atom stereocenters. The van der Waals surface area contributed by atoms with E-state index >= 15 is 0 Å². The molecule has 0 saturated carbocycles. The molecular formula is C14H21NO6S. The van der Waals surface area contributed by atoms with Gasteiger partial charge < -0.3 is 14.6 Å². The Morgan fingerprint density at radius 2 is 1.86 bits per heavy atom. The van der Waals surface area contributed by atoms with Gasteiger partial charge in [0.25, 0.3) is 0 Å². The van der Waals surface area contributed by atoms with Crippen molar-refractivity contribution in [1.82, 2.24) is 4.72 Å². The highest BCUT2D eigenvalue weighted by molar-refractivity contribution is 7.89. The molecule has 0 heterocycles. The summed E-state index contributed by atoms with van der Waals surface area (Å²) in [6.45, 7) is 3.47. The van der Waals surface area contributed by atoms with Crippen LogP contribution in [0.4, 0.5) is 0 Å². The first kappa shape index (κ1) is 18.2. The van der Waals surface area contributed by atoms with Crippen molar-refractivity contribution in [2.24, 2.45) is 5.92 Å². The van der Waals surface area contributed by atoms with Gasteiger partial charge in [-0.25, -0.2) is 8.42 Å². The molecule has 0 spiro atoms. The van der Waals surface area contributed by atoms with E-state index in [9.17, 15) is 18.3 Å². The maximum atomic E-state index is 12.4. The molecule has 0 aliphatic rings. The number of sulfonamides is 1. The summed E-state index contributed by atoms with van der Waals surface area (Å²) in [5, 5.41) is 9.20. The van der Waals surface area contributed by atoms with E-state index in [1.807, 2.05) is 0 Å². The van der Waals surface area contributed by atoms with E-state index < -0.39 is 22.0 Å². The number of carboxylic acid groups (broad SMARTS) is 1. The number of ether oxygens (including phenoxy) is 2. The predicted octanol–water partition coefficient (Wildman–Crippen LogP) is 1.48.